The summed E-state index contributed by atoms with van der Waals surface area (Å²) in [7, 11) is 0. The minimum Gasteiger partial charge on any atom is -0.461 e. The van der Waals surface area contributed by atoms with Crippen molar-refractivity contribution in [1.29, 1.82) is 0 Å². The lowest BCUT2D eigenvalue weighted by molar-refractivity contribution is 0.0521. The van der Waals surface area contributed by atoms with E-state index in [0.717, 1.165) is 16.8 Å². The number of rotatable bonds is 6. The molecular formula is C22H28N6O4. The van der Waals surface area contributed by atoms with E-state index in [9.17, 15) is 9.59 Å². The van der Waals surface area contributed by atoms with Gasteiger partial charge < -0.3 is 19.8 Å². The first kappa shape index (κ1) is 23.0. The zero-order chi connectivity index (χ0) is 23.5. The molecule has 0 unspecified atom stereocenters. The van der Waals surface area contributed by atoms with Crippen LogP contribution in [0.2, 0.25) is 0 Å². The van der Waals surface area contributed by atoms with Gasteiger partial charge in [-0.15, -0.1) is 0 Å². The van der Waals surface area contributed by atoms with Crippen molar-refractivity contribution in [2.24, 2.45) is 0 Å². The highest BCUT2D eigenvalue weighted by Crippen LogP contribution is 2.24. The molecule has 0 aliphatic rings. The molecule has 0 spiro atoms. The Morgan fingerprint density at radius 2 is 1.94 bits per heavy atom. The van der Waals surface area contributed by atoms with E-state index in [1.54, 1.807) is 40.0 Å². The summed E-state index contributed by atoms with van der Waals surface area (Å²) in [5.41, 5.74) is 2.86. The number of esters is 1. The maximum Gasteiger partial charge on any atom is 0.413 e. The molecule has 10 nitrogen and oxygen atoms in total. The van der Waals surface area contributed by atoms with E-state index in [1.165, 1.54) is 6.33 Å². The highest BCUT2D eigenvalue weighted by Gasteiger charge is 2.19. The molecule has 0 saturated carbocycles. The molecule has 1 amide bonds. The van der Waals surface area contributed by atoms with Crippen LogP contribution in [0, 0.1) is 13.8 Å². The molecule has 32 heavy (non-hydrogen) atoms. The Morgan fingerprint density at radius 3 is 2.59 bits per heavy atom. The minimum absolute atomic E-state index is 0.278. The summed E-state index contributed by atoms with van der Waals surface area (Å²) in [5.74, 6) is 0.541. The van der Waals surface area contributed by atoms with E-state index < -0.39 is 17.7 Å². The molecule has 0 radical (unpaired) electrons. The number of carbonyl (C=O) groups excluding carboxylic acids is 2. The van der Waals surface area contributed by atoms with Crippen molar-refractivity contribution >= 4 is 34.6 Å². The molecule has 170 valence electrons. The maximum atomic E-state index is 12.1. The fourth-order valence-electron chi connectivity index (χ4n) is 3.21. The van der Waals surface area contributed by atoms with Crippen LogP contribution in [0.3, 0.4) is 0 Å². The minimum atomic E-state index is -0.591. The molecule has 3 heterocycles. The van der Waals surface area contributed by atoms with E-state index in [0.29, 0.717) is 34.8 Å². The third-order valence-electron chi connectivity index (χ3n) is 4.58. The quantitative estimate of drug-likeness (QED) is 0.488. The first-order chi connectivity index (χ1) is 15.1. The Kier molecular flexibility index (Phi) is 6.61. The van der Waals surface area contributed by atoms with Gasteiger partial charge in [0.2, 0.25) is 0 Å². The first-order valence-electron chi connectivity index (χ1n) is 10.3. The van der Waals surface area contributed by atoms with Crippen LogP contribution in [-0.4, -0.2) is 44.2 Å². The first-order valence-corrected chi connectivity index (χ1v) is 10.3. The van der Waals surface area contributed by atoms with Crippen LogP contribution in [0.4, 0.5) is 16.4 Å². The van der Waals surface area contributed by atoms with Gasteiger partial charge >= 0.3 is 12.1 Å². The molecule has 3 rings (SSSR count). The van der Waals surface area contributed by atoms with Crippen LogP contribution >= 0.6 is 0 Å². The zero-order valence-corrected chi connectivity index (χ0v) is 19.1. The molecule has 0 aliphatic heterocycles. The van der Waals surface area contributed by atoms with E-state index in [-0.39, 0.29) is 6.61 Å². The predicted molar refractivity (Wildman–Crippen MR) is 121 cm³/mol. The van der Waals surface area contributed by atoms with E-state index in [1.807, 2.05) is 13.8 Å². The van der Waals surface area contributed by atoms with Crippen LogP contribution in [0.1, 0.15) is 55.0 Å². The summed E-state index contributed by atoms with van der Waals surface area (Å²) < 4.78 is 10.3. The lowest BCUT2D eigenvalue weighted by Gasteiger charge is -2.20. The van der Waals surface area contributed by atoms with Crippen molar-refractivity contribution < 1.29 is 19.1 Å². The van der Waals surface area contributed by atoms with Gasteiger partial charge in [0.05, 0.1) is 12.0 Å². The number of nitrogens with one attached hydrogen (secondary N) is 3. The number of hydrogen-bond donors (Lipinski definition) is 3. The molecule has 10 heteroatoms. The number of nitrogens with zero attached hydrogens (tertiary/aromatic N) is 3. The number of fused-ring (bicyclic) bond motifs is 1. The van der Waals surface area contributed by atoms with E-state index >= 15 is 0 Å². The van der Waals surface area contributed by atoms with Gasteiger partial charge in [0.15, 0.2) is 5.69 Å². The Balaban J connectivity index is 1.77. The Bertz CT molecular complexity index is 1130. The van der Waals surface area contributed by atoms with Gasteiger partial charge in [0.1, 0.15) is 29.1 Å². The molecular weight excluding hydrogens is 412 g/mol. The second kappa shape index (κ2) is 9.21. The van der Waals surface area contributed by atoms with Crippen molar-refractivity contribution in [3.8, 4) is 0 Å². The monoisotopic (exact) mass is 440 g/mol. The summed E-state index contributed by atoms with van der Waals surface area (Å²) in [6.45, 7) is 11.7. The second-order valence-corrected chi connectivity index (χ2v) is 8.24. The fourth-order valence-corrected chi connectivity index (χ4v) is 3.21. The molecule has 3 aromatic heterocycles. The van der Waals surface area contributed by atoms with Crippen molar-refractivity contribution in [1.82, 2.24) is 19.9 Å². The van der Waals surface area contributed by atoms with Crippen LogP contribution < -0.4 is 10.6 Å². The molecule has 0 saturated heterocycles. The van der Waals surface area contributed by atoms with E-state index in [4.69, 9.17) is 9.47 Å². The van der Waals surface area contributed by atoms with Gasteiger partial charge in [-0.05, 0) is 58.7 Å². The Morgan fingerprint density at radius 1 is 1.19 bits per heavy atom. The van der Waals surface area contributed by atoms with Gasteiger partial charge in [-0.25, -0.2) is 24.5 Å². The number of hydrogen-bond acceptors (Lipinski definition) is 8. The number of carbonyl (C=O) groups is 2. The average Bonchev–Trinajstić information content (AvgIpc) is 3.11. The van der Waals surface area contributed by atoms with Crippen molar-refractivity contribution in [2.75, 3.05) is 17.2 Å². The SMILES string of the molecule is CCOC(=O)c1[nH]cc2c(NCc3c(C)cc(NC(=O)OC(C)(C)C)nc3C)ncnc12. The van der Waals surface area contributed by atoms with Crippen molar-refractivity contribution in [3.05, 3.63) is 41.1 Å². The highest BCUT2D eigenvalue weighted by atomic mass is 16.6. The van der Waals surface area contributed by atoms with Crippen molar-refractivity contribution in [3.63, 3.8) is 0 Å². The Hall–Kier alpha value is -3.69. The largest absolute Gasteiger partial charge is 0.461 e. The second-order valence-electron chi connectivity index (χ2n) is 8.24. The van der Waals surface area contributed by atoms with Gasteiger partial charge in [-0.3, -0.25) is 5.32 Å². The molecule has 0 aliphatic carbocycles. The van der Waals surface area contributed by atoms with Crippen LogP contribution in [0.5, 0.6) is 0 Å². The number of aromatic amines is 1. The number of aryl methyl sites for hydroxylation is 2. The Labute approximate surface area is 186 Å². The summed E-state index contributed by atoms with van der Waals surface area (Å²) >= 11 is 0. The van der Waals surface area contributed by atoms with Crippen LogP contribution in [0.25, 0.3) is 10.9 Å². The molecule has 3 N–H and O–H groups in total. The number of amides is 1. The summed E-state index contributed by atoms with van der Waals surface area (Å²) in [6.07, 6.45) is 2.52. The topological polar surface area (TPSA) is 131 Å². The average molecular weight is 441 g/mol. The maximum absolute atomic E-state index is 12.1. The van der Waals surface area contributed by atoms with Gasteiger partial charge in [-0.2, -0.15) is 0 Å². The number of pyridine rings is 1. The van der Waals surface area contributed by atoms with Crippen LogP contribution in [0.15, 0.2) is 18.6 Å². The fraction of sp³-hybridized carbons (Fsp3) is 0.409. The van der Waals surface area contributed by atoms with Crippen molar-refractivity contribution in [2.45, 2.75) is 53.7 Å². The summed E-state index contributed by atoms with van der Waals surface area (Å²) in [4.78, 5) is 40.0. The van der Waals surface area contributed by atoms with Crippen LogP contribution in [-0.2, 0) is 16.0 Å². The molecule has 0 bridgehead atoms. The summed E-state index contributed by atoms with van der Waals surface area (Å²) in [6, 6.07) is 1.79. The normalized spacial score (nSPS) is 11.3. The standard InChI is InChI=1S/C22H28N6O4/c1-7-31-20(29)18-17-15(10-23-18)19(26-11-25-17)24-9-14-12(2)8-16(27-13(14)3)28-21(30)32-22(4,5)6/h8,10-11,23H,7,9H2,1-6H3,(H,24,25,26)(H,27,28,30). The summed E-state index contributed by atoms with van der Waals surface area (Å²) in [5, 5.41) is 6.64. The number of ether oxygens (including phenoxy) is 2. The molecule has 3 aromatic rings. The highest BCUT2D eigenvalue weighted by molar-refractivity contribution is 6.04. The third-order valence-corrected chi connectivity index (χ3v) is 4.58. The molecule has 0 aromatic carbocycles. The predicted octanol–water partition coefficient (Wildman–Crippen LogP) is 4.11. The lowest BCUT2D eigenvalue weighted by Crippen LogP contribution is -2.27. The number of aromatic nitrogens is 4. The van der Waals surface area contributed by atoms with Gasteiger partial charge in [0, 0.05) is 18.4 Å². The number of H-pyrrole nitrogens is 1. The number of anilines is 2. The lowest BCUT2D eigenvalue weighted by atomic mass is 10.1. The molecule has 0 fully saturated rings. The van der Waals surface area contributed by atoms with Gasteiger partial charge in [-0.1, -0.05) is 0 Å². The zero-order valence-electron chi connectivity index (χ0n) is 19.1. The molecule has 0 atom stereocenters. The third kappa shape index (κ3) is 5.32. The smallest absolute Gasteiger partial charge is 0.413 e. The van der Waals surface area contributed by atoms with E-state index in [2.05, 4.69) is 30.6 Å². The van der Waals surface area contributed by atoms with Gasteiger partial charge in [0.25, 0.3) is 0 Å².